The number of hydrogen-bond acceptors (Lipinski definition) is 2. The molecule has 0 bridgehead atoms. The zero-order chi connectivity index (χ0) is 14.1. The molecule has 1 aromatic heterocycles. The Morgan fingerprint density at radius 2 is 1.70 bits per heavy atom. The maximum absolute atomic E-state index is 12.3. The first-order chi connectivity index (χ1) is 9.65. The molecule has 3 rings (SSSR count). The molecule has 100 valence electrons. The summed E-state index contributed by atoms with van der Waals surface area (Å²) in [4.78, 5) is 17.6. The molecule has 0 aliphatic heterocycles. The average molecular weight is 264 g/mol. The van der Waals surface area contributed by atoms with Gasteiger partial charge in [0.15, 0.2) is 5.43 Å². The van der Waals surface area contributed by atoms with Gasteiger partial charge in [0.25, 0.3) is 0 Å². The van der Waals surface area contributed by atoms with Crippen LogP contribution in [0.25, 0.3) is 22.2 Å². The summed E-state index contributed by atoms with van der Waals surface area (Å²) in [7, 11) is 3.93. The number of H-pyrrole nitrogens is 1. The molecule has 0 aliphatic rings. The van der Waals surface area contributed by atoms with Gasteiger partial charge in [0, 0.05) is 42.4 Å². The van der Waals surface area contributed by atoms with Crippen LogP contribution in [-0.4, -0.2) is 19.1 Å². The minimum Gasteiger partial charge on any atom is -0.378 e. The fourth-order valence-electron chi connectivity index (χ4n) is 2.29. The van der Waals surface area contributed by atoms with Crippen molar-refractivity contribution in [3.05, 3.63) is 64.8 Å². The molecule has 3 nitrogen and oxygen atoms in total. The van der Waals surface area contributed by atoms with E-state index >= 15 is 0 Å². The molecule has 3 heteroatoms. The van der Waals surface area contributed by atoms with Gasteiger partial charge in [-0.25, -0.2) is 0 Å². The lowest BCUT2D eigenvalue weighted by atomic mass is 10.1. The normalized spacial score (nSPS) is 10.7. The van der Waals surface area contributed by atoms with Gasteiger partial charge in [-0.1, -0.05) is 30.3 Å². The number of anilines is 1. The van der Waals surface area contributed by atoms with Crippen molar-refractivity contribution >= 4 is 16.6 Å². The van der Waals surface area contributed by atoms with Gasteiger partial charge in [-0.15, -0.1) is 0 Å². The Kier molecular flexibility index (Phi) is 3.03. The number of hydrogen-bond donors (Lipinski definition) is 1. The molecule has 0 saturated heterocycles. The Bertz CT molecular complexity index is 804. The summed E-state index contributed by atoms with van der Waals surface area (Å²) < 4.78 is 0. The van der Waals surface area contributed by atoms with E-state index in [9.17, 15) is 4.79 Å². The van der Waals surface area contributed by atoms with E-state index in [0.29, 0.717) is 0 Å². The Morgan fingerprint density at radius 1 is 0.950 bits per heavy atom. The van der Waals surface area contributed by atoms with E-state index in [1.54, 1.807) is 6.07 Å². The lowest BCUT2D eigenvalue weighted by Crippen LogP contribution is -2.10. The lowest BCUT2D eigenvalue weighted by Gasteiger charge is -2.13. The number of fused-ring (bicyclic) bond motifs is 1. The van der Waals surface area contributed by atoms with Crippen LogP contribution in [0.15, 0.2) is 59.4 Å². The fourth-order valence-corrected chi connectivity index (χ4v) is 2.29. The van der Waals surface area contributed by atoms with Gasteiger partial charge in [0.05, 0.1) is 0 Å². The number of nitrogens with one attached hydrogen (secondary N) is 1. The highest BCUT2D eigenvalue weighted by molar-refractivity contribution is 5.84. The van der Waals surface area contributed by atoms with Gasteiger partial charge in [0.1, 0.15) is 0 Å². The topological polar surface area (TPSA) is 36.1 Å². The molecular weight excluding hydrogens is 248 g/mol. The number of pyridine rings is 1. The molecule has 20 heavy (non-hydrogen) atoms. The Hall–Kier alpha value is -2.55. The van der Waals surface area contributed by atoms with Crippen molar-refractivity contribution in [3.63, 3.8) is 0 Å². The summed E-state index contributed by atoms with van der Waals surface area (Å²) in [5, 5.41) is 0.718. The summed E-state index contributed by atoms with van der Waals surface area (Å²) in [6.45, 7) is 0. The molecule has 0 amide bonds. The molecule has 0 atom stereocenters. The monoisotopic (exact) mass is 264 g/mol. The van der Waals surface area contributed by atoms with Crippen LogP contribution in [0.5, 0.6) is 0 Å². The van der Waals surface area contributed by atoms with Crippen LogP contribution in [0.1, 0.15) is 0 Å². The van der Waals surface area contributed by atoms with E-state index < -0.39 is 0 Å². The van der Waals surface area contributed by atoms with Crippen LogP contribution in [0, 0.1) is 0 Å². The Labute approximate surface area is 117 Å². The van der Waals surface area contributed by atoms with Crippen molar-refractivity contribution in [2.45, 2.75) is 0 Å². The van der Waals surface area contributed by atoms with Crippen molar-refractivity contribution in [1.82, 2.24) is 4.98 Å². The van der Waals surface area contributed by atoms with Crippen LogP contribution in [0.3, 0.4) is 0 Å². The number of nitrogens with zero attached hydrogens (tertiary/aromatic N) is 1. The second kappa shape index (κ2) is 4.85. The molecule has 0 spiro atoms. The van der Waals surface area contributed by atoms with Gasteiger partial charge in [-0.2, -0.15) is 0 Å². The maximum atomic E-state index is 12.3. The predicted molar refractivity (Wildman–Crippen MR) is 84.3 cm³/mol. The third-order valence-corrected chi connectivity index (χ3v) is 3.41. The number of rotatable bonds is 2. The highest BCUT2D eigenvalue weighted by Gasteiger charge is 2.05. The van der Waals surface area contributed by atoms with Gasteiger partial charge in [-0.3, -0.25) is 4.79 Å². The van der Waals surface area contributed by atoms with Gasteiger partial charge >= 0.3 is 0 Å². The second-order valence-corrected chi connectivity index (χ2v) is 5.04. The molecular formula is C17H16N2O. The van der Waals surface area contributed by atoms with Crippen LogP contribution in [0.2, 0.25) is 0 Å². The molecule has 0 unspecified atom stereocenters. The van der Waals surface area contributed by atoms with E-state index in [1.807, 2.05) is 67.5 Å². The molecule has 0 saturated carbocycles. The highest BCUT2D eigenvalue weighted by Crippen LogP contribution is 2.21. The highest BCUT2D eigenvalue weighted by atomic mass is 16.1. The van der Waals surface area contributed by atoms with Crippen molar-refractivity contribution in [1.29, 1.82) is 0 Å². The van der Waals surface area contributed by atoms with E-state index in [4.69, 9.17) is 0 Å². The number of aromatic nitrogens is 1. The molecule has 3 aromatic rings. The minimum atomic E-state index is 0.0429. The lowest BCUT2D eigenvalue weighted by molar-refractivity contribution is 1.13. The molecule has 1 N–H and O–H groups in total. The van der Waals surface area contributed by atoms with E-state index in [-0.39, 0.29) is 5.43 Å². The minimum absolute atomic E-state index is 0.0429. The third-order valence-electron chi connectivity index (χ3n) is 3.41. The first-order valence-electron chi connectivity index (χ1n) is 6.55. The summed E-state index contributed by atoms with van der Waals surface area (Å²) in [5.41, 5.74) is 3.79. The first kappa shape index (κ1) is 12.5. The largest absolute Gasteiger partial charge is 0.378 e. The molecule has 2 aromatic carbocycles. The Balaban J connectivity index is 2.21. The van der Waals surface area contributed by atoms with Crippen LogP contribution in [-0.2, 0) is 0 Å². The number of aromatic amines is 1. The summed E-state index contributed by atoms with van der Waals surface area (Å²) in [5.74, 6) is 0. The Morgan fingerprint density at radius 3 is 2.40 bits per heavy atom. The summed E-state index contributed by atoms with van der Waals surface area (Å²) in [6, 6.07) is 17.4. The van der Waals surface area contributed by atoms with Crippen LogP contribution < -0.4 is 10.3 Å². The average Bonchev–Trinajstić information content (AvgIpc) is 2.47. The van der Waals surface area contributed by atoms with Gasteiger partial charge < -0.3 is 9.88 Å². The second-order valence-electron chi connectivity index (χ2n) is 5.04. The van der Waals surface area contributed by atoms with E-state index in [2.05, 4.69) is 4.98 Å². The van der Waals surface area contributed by atoms with E-state index in [0.717, 1.165) is 27.8 Å². The quantitative estimate of drug-likeness (QED) is 0.771. The smallest absolute Gasteiger partial charge is 0.190 e. The maximum Gasteiger partial charge on any atom is 0.190 e. The van der Waals surface area contributed by atoms with Gasteiger partial charge in [-0.05, 0) is 23.8 Å². The van der Waals surface area contributed by atoms with Crippen LogP contribution >= 0.6 is 0 Å². The van der Waals surface area contributed by atoms with Crippen molar-refractivity contribution in [2.24, 2.45) is 0 Å². The summed E-state index contributed by atoms with van der Waals surface area (Å²) >= 11 is 0. The fraction of sp³-hybridized carbons (Fsp3) is 0.118. The SMILES string of the molecule is CN(C)c1ccc2[nH]c(-c3ccccc3)cc(=O)c2c1. The first-order valence-corrected chi connectivity index (χ1v) is 6.55. The molecule has 1 heterocycles. The van der Waals surface area contributed by atoms with E-state index in [1.165, 1.54) is 0 Å². The number of benzene rings is 2. The summed E-state index contributed by atoms with van der Waals surface area (Å²) in [6.07, 6.45) is 0. The standard InChI is InChI=1S/C17H16N2O/c1-19(2)13-8-9-15-14(10-13)17(20)11-16(18-15)12-6-4-3-5-7-12/h3-11H,1-2H3,(H,18,20). The molecule has 0 radical (unpaired) electrons. The van der Waals surface area contributed by atoms with Crippen molar-refractivity contribution in [2.75, 3.05) is 19.0 Å². The zero-order valence-corrected chi connectivity index (χ0v) is 11.6. The predicted octanol–water partition coefficient (Wildman–Crippen LogP) is 3.26. The van der Waals surface area contributed by atoms with Crippen LogP contribution in [0.4, 0.5) is 5.69 Å². The third kappa shape index (κ3) is 2.18. The zero-order valence-electron chi connectivity index (χ0n) is 11.6. The van der Waals surface area contributed by atoms with Gasteiger partial charge in [0.2, 0.25) is 0 Å². The molecule has 0 fully saturated rings. The van der Waals surface area contributed by atoms with Crippen molar-refractivity contribution in [3.8, 4) is 11.3 Å². The molecule has 0 aliphatic carbocycles. The van der Waals surface area contributed by atoms with Crippen molar-refractivity contribution < 1.29 is 0 Å².